The molecule has 5 heteroatoms. The molecule has 0 amide bonds. The van der Waals surface area contributed by atoms with Gasteiger partial charge in [-0.2, -0.15) is 0 Å². The van der Waals surface area contributed by atoms with Gasteiger partial charge in [0, 0.05) is 0 Å². The van der Waals surface area contributed by atoms with E-state index >= 15 is 0 Å². The molecule has 0 fully saturated rings. The van der Waals surface area contributed by atoms with Crippen LogP contribution in [0.4, 0.5) is 0 Å². The number of isocyanates is 2. The molecule has 0 saturated heterocycles. The smallest absolute Gasteiger partial charge is 0.231 e. The lowest BCUT2D eigenvalue weighted by Gasteiger charge is -1.58. The van der Waals surface area contributed by atoms with Crippen LogP contribution in [0, 0.1) is 10.8 Å². The van der Waals surface area contributed by atoms with Gasteiger partial charge in [-0.15, -0.1) is 0 Å². The third-order valence-corrected chi connectivity index (χ3v) is 0.222. The molecular formula is C6H8N2O3. The standard InChI is InChI=1S/C4H6O.2CHNO/c1-2-3-4-5;2*2-1-3/h2-5H,1H2;2*2H. The predicted molar refractivity (Wildman–Crippen MR) is 38.8 cm³/mol. The molecule has 0 bridgehead atoms. The first-order valence-electron chi connectivity index (χ1n) is 2.24. The van der Waals surface area contributed by atoms with Crippen LogP contribution in [0.1, 0.15) is 0 Å². The lowest BCUT2D eigenvalue weighted by Crippen LogP contribution is -1.40. The van der Waals surface area contributed by atoms with Gasteiger partial charge in [0.25, 0.3) is 0 Å². The average molecular weight is 156 g/mol. The summed E-state index contributed by atoms with van der Waals surface area (Å²) in [7, 11) is 0. The van der Waals surface area contributed by atoms with Crippen molar-refractivity contribution in [2.24, 2.45) is 0 Å². The second-order valence-corrected chi connectivity index (χ2v) is 0.781. The van der Waals surface area contributed by atoms with Gasteiger partial charge >= 0.3 is 0 Å². The van der Waals surface area contributed by atoms with Crippen molar-refractivity contribution in [2.75, 3.05) is 0 Å². The average Bonchev–Trinajstić information content (AvgIpc) is 1.92. The molecule has 0 radical (unpaired) electrons. The van der Waals surface area contributed by atoms with Crippen molar-refractivity contribution in [3.8, 4) is 0 Å². The zero-order chi connectivity index (χ0) is 9.54. The van der Waals surface area contributed by atoms with E-state index in [4.69, 9.17) is 25.5 Å². The van der Waals surface area contributed by atoms with E-state index in [0.717, 1.165) is 18.4 Å². The molecule has 0 spiro atoms. The van der Waals surface area contributed by atoms with Crippen molar-refractivity contribution in [3.63, 3.8) is 0 Å². The third-order valence-electron chi connectivity index (χ3n) is 0.222. The predicted octanol–water partition coefficient (Wildman–Crippen LogP) is 1.05. The van der Waals surface area contributed by atoms with Crippen molar-refractivity contribution in [1.82, 2.24) is 0 Å². The lowest BCUT2D eigenvalue weighted by atomic mass is 10.6. The van der Waals surface area contributed by atoms with Crippen LogP contribution in [-0.2, 0) is 9.59 Å². The summed E-state index contributed by atoms with van der Waals surface area (Å²) >= 11 is 0. The summed E-state index contributed by atoms with van der Waals surface area (Å²) in [6, 6.07) is 0. The minimum atomic E-state index is 0.750. The molecule has 0 rings (SSSR count). The van der Waals surface area contributed by atoms with Crippen LogP contribution in [0.5, 0.6) is 0 Å². The molecule has 11 heavy (non-hydrogen) atoms. The molecule has 60 valence electrons. The van der Waals surface area contributed by atoms with Gasteiger partial charge in [0.2, 0.25) is 12.2 Å². The number of aliphatic hydroxyl groups excluding tert-OH is 1. The first-order valence-corrected chi connectivity index (χ1v) is 2.24. The molecule has 0 aromatic heterocycles. The number of carbonyl (C=O) groups excluding carboxylic acids is 2. The zero-order valence-corrected chi connectivity index (χ0v) is 5.70. The van der Waals surface area contributed by atoms with Crippen LogP contribution in [0.15, 0.2) is 25.0 Å². The topological polar surface area (TPSA) is 102 Å². The van der Waals surface area contributed by atoms with E-state index in [1.165, 1.54) is 12.2 Å². The van der Waals surface area contributed by atoms with Crippen molar-refractivity contribution in [2.45, 2.75) is 0 Å². The summed E-state index contributed by atoms with van der Waals surface area (Å²) < 4.78 is 0. The normalized spacial score (nSPS) is 5.45. The maximum Gasteiger partial charge on any atom is 0.231 e. The fourth-order valence-corrected chi connectivity index (χ4v) is 0.0609. The van der Waals surface area contributed by atoms with Gasteiger partial charge < -0.3 is 5.11 Å². The SMILES string of the molecule is C=CC=CO.N=C=O.N=C=O. The lowest BCUT2D eigenvalue weighted by molar-refractivity contribution is 0.474. The Morgan fingerprint density at radius 2 is 1.55 bits per heavy atom. The summed E-state index contributed by atoms with van der Waals surface area (Å²) in [5.41, 5.74) is 0. The zero-order valence-electron chi connectivity index (χ0n) is 5.70. The molecule has 0 atom stereocenters. The number of hydrogen-bond donors (Lipinski definition) is 3. The van der Waals surface area contributed by atoms with E-state index in [-0.39, 0.29) is 0 Å². The largest absolute Gasteiger partial charge is 0.516 e. The molecule has 0 aliphatic rings. The Morgan fingerprint density at radius 3 is 1.55 bits per heavy atom. The van der Waals surface area contributed by atoms with Gasteiger partial charge in [-0.25, -0.2) is 20.4 Å². The van der Waals surface area contributed by atoms with Crippen molar-refractivity contribution in [1.29, 1.82) is 10.8 Å². The molecule has 0 unspecified atom stereocenters. The number of nitrogens with one attached hydrogen (secondary N) is 2. The highest BCUT2D eigenvalue weighted by Gasteiger charge is 1.43. The van der Waals surface area contributed by atoms with Crippen LogP contribution in [0.2, 0.25) is 0 Å². The van der Waals surface area contributed by atoms with E-state index in [1.54, 1.807) is 0 Å². The second-order valence-electron chi connectivity index (χ2n) is 0.781. The Labute approximate surface area is 63.7 Å². The molecule has 0 saturated carbocycles. The molecule has 0 aliphatic carbocycles. The first kappa shape index (κ1) is 16.0. The van der Waals surface area contributed by atoms with E-state index in [1.807, 2.05) is 0 Å². The van der Waals surface area contributed by atoms with Crippen LogP contribution in [-0.4, -0.2) is 17.3 Å². The van der Waals surface area contributed by atoms with E-state index in [0.29, 0.717) is 0 Å². The summed E-state index contributed by atoms with van der Waals surface area (Å²) in [6.07, 6.45) is 5.38. The van der Waals surface area contributed by atoms with Crippen LogP contribution in [0.3, 0.4) is 0 Å². The van der Waals surface area contributed by atoms with E-state index < -0.39 is 0 Å². The van der Waals surface area contributed by atoms with Gasteiger partial charge in [0.15, 0.2) is 0 Å². The molecule has 0 heterocycles. The van der Waals surface area contributed by atoms with Crippen LogP contribution in [0.25, 0.3) is 0 Å². The minimum absolute atomic E-state index is 0.750. The third kappa shape index (κ3) is 183000. The Bertz CT molecular complexity index is 151. The Balaban J connectivity index is -0.0000000933. The minimum Gasteiger partial charge on any atom is -0.516 e. The molecule has 3 N–H and O–H groups in total. The van der Waals surface area contributed by atoms with Crippen LogP contribution >= 0.6 is 0 Å². The first-order chi connectivity index (χ1) is 5.24. The molecular weight excluding hydrogens is 148 g/mol. The van der Waals surface area contributed by atoms with Gasteiger partial charge in [-0.1, -0.05) is 12.7 Å². The van der Waals surface area contributed by atoms with E-state index in [9.17, 15) is 0 Å². The summed E-state index contributed by atoms with van der Waals surface area (Å²) in [5.74, 6) is 0. The van der Waals surface area contributed by atoms with Gasteiger partial charge in [-0.3, -0.25) is 0 Å². The molecule has 5 nitrogen and oxygen atoms in total. The van der Waals surface area contributed by atoms with Gasteiger partial charge in [-0.05, 0) is 6.08 Å². The van der Waals surface area contributed by atoms with Crippen molar-refractivity contribution < 1.29 is 14.7 Å². The highest BCUT2D eigenvalue weighted by Crippen LogP contribution is 1.61. The number of hydrogen-bond acceptors (Lipinski definition) is 5. The van der Waals surface area contributed by atoms with Gasteiger partial charge in [0.1, 0.15) is 0 Å². The molecule has 0 aromatic rings. The van der Waals surface area contributed by atoms with Crippen LogP contribution < -0.4 is 0 Å². The maximum atomic E-state index is 8.35. The van der Waals surface area contributed by atoms with E-state index in [2.05, 4.69) is 6.58 Å². The number of aliphatic hydroxyl groups is 1. The van der Waals surface area contributed by atoms with Crippen molar-refractivity contribution >= 4 is 12.2 Å². The van der Waals surface area contributed by atoms with Gasteiger partial charge in [0.05, 0.1) is 6.26 Å². The summed E-state index contributed by atoms with van der Waals surface area (Å²) in [4.78, 5) is 16.7. The quantitative estimate of drug-likeness (QED) is 0.229. The Morgan fingerprint density at radius 1 is 1.27 bits per heavy atom. The summed E-state index contributed by atoms with van der Waals surface area (Å²) in [5, 5.41) is 18.6. The summed E-state index contributed by atoms with van der Waals surface area (Å²) in [6.45, 7) is 3.30. The fraction of sp³-hybridized carbons (Fsp3) is 0. The number of allylic oxidation sites excluding steroid dienone is 2. The molecule has 0 aliphatic heterocycles. The van der Waals surface area contributed by atoms with Crippen molar-refractivity contribution in [3.05, 3.63) is 25.0 Å². The highest BCUT2D eigenvalue weighted by atomic mass is 16.2. The molecule has 0 aromatic carbocycles. The fourth-order valence-electron chi connectivity index (χ4n) is 0.0609. The highest BCUT2D eigenvalue weighted by molar-refractivity contribution is 5.26. The number of rotatable bonds is 1. The Hall–Kier alpha value is -1.96. The second kappa shape index (κ2) is 43.1. The monoisotopic (exact) mass is 156 g/mol. The maximum absolute atomic E-state index is 8.35. The Kier molecular flexibility index (Phi) is 62.8.